The van der Waals surface area contributed by atoms with Crippen LogP contribution in [0.1, 0.15) is 25.1 Å². The van der Waals surface area contributed by atoms with Gasteiger partial charge in [-0.15, -0.1) is 11.6 Å². The van der Waals surface area contributed by atoms with Crippen LogP contribution in [0.25, 0.3) is 11.2 Å². The predicted molar refractivity (Wildman–Crippen MR) is 85.2 cm³/mol. The van der Waals surface area contributed by atoms with Crippen LogP contribution in [0.15, 0.2) is 16.7 Å². The zero-order valence-corrected chi connectivity index (χ0v) is 13.9. The van der Waals surface area contributed by atoms with Gasteiger partial charge in [-0.25, -0.2) is 9.97 Å². The molecule has 0 aromatic carbocycles. The van der Waals surface area contributed by atoms with Crippen LogP contribution in [-0.2, 0) is 17.2 Å². The predicted octanol–water partition coefficient (Wildman–Crippen LogP) is 2.95. The zero-order chi connectivity index (χ0) is 14.8. The van der Waals surface area contributed by atoms with Crippen LogP contribution in [0.3, 0.4) is 0 Å². The summed E-state index contributed by atoms with van der Waals surface area (Å²) < 4.78 is 2.69. The highest BCUT2D eigenvalue weighted by Crippen LogP contribution is 2.20. The molecule has 0 bridgehead atoms. The number of alkyl halides is 1. The fourth-order valence-corrected chi connectivity index (χ4v) is 3.20. The number of hydrogen-bond donors (Lipinski definition) is 0. The van der Waals surface area contributed by atoms with E-state index in [1.54, 1.807) is 6.20 Å². The second-order valence-corrected chi connectivity index (χ2v) is 6.37. The molecule has 1 saturated heterocycles. The van der Waals surface area contributed by atoms with Gasteiger partial charge in [0.1, 0.15) is 17.9 Å². The summed E-state index contributed by atoms with van der Waals surface area (Å²) in [6.45, 7) is 1.95. The second-order valence-electron chi connectivity index (χ2n) is 5.19. The third-order valence-corrected chi connectivity index (χ3v) is 4.43. The monoisotopic (exact) mass is 370 g/mol. The number of imidazole rings is 1. The molecule has 21 heavy (non-hydrogen) atoms. The van der Waals surface area contributed by atoms with E-state index in [4.69, 9.17) is 11.6 Å². The first-order valence-corrected chi connectivity index (χ1v) is 8.36. The number of amides is 1. The highest BCUT2D eigenvalue weighted by Gasteiger charge is 2.20. The van der Waals surface area contributed by atoms with Crippen LogP contribution in [-0.4, -0.2) is 38.4 Å². The Morgan fingerprint density at radius 1 is 1.33 bits per heavy atom. The van der Waals surface area contributed by atoms with E-state index < -0.39 is 0 Å². The molecule has 0 N–H and O–H groups in total. The summed E-state index contributed by atoms with van der Waals surface area (Å²) in [5, 5.41) is 0. The van der Waals surface area contributed by atoms with E-state index >= 15 is 0 Å². The van der Waals surface area contributed by atoms with Gasteiger partial charge in [-0.3, -0.25) is 4.79 Å². The van der Waals surface area contributed by atoms with Crippen molar-refractivity contribution in [3.63, 3.8) is 0 Å². The Bertz CT molecular complexity index is 666. The fraction of sp³-hybridized carbons (Fsp3) is 0.500. The molecule has 0 aliphatic carbocycles. The molecule has 1 fully saturated rings. The van der Waals surface area contributed by atoms with Gasteiger partial charge in [0.15, 0.2) is 5.65 Å². The van der Waals surface area contributed by atoms with Crippen molar-refractivity contribution in [2.24, 2.45) is 0 Å². The van der Waals surface area contributed by atoms with Crippen LogP contribution < -0.4 is 0 Å². The van der Waals surface area contributed by atoms with Gasteiger partial charge in [-0.1, -0.05) is 0 Å². The molecule has 112 valence electrons. The number of pyridine rings is 1. The van der Waals surface area contributed by atoms with E-state index in [2.05, 4.69) is 25.9 Å². The van der Waals surface area contributed by atoms with Crippen LogP contribution >= 0.6 is 27.5 Å². The summed E-state index contributed by atoms with van der Waals surface area (Å²) in [5.74, 6) is 1.06. The van der Waals surface area contributed by atoms with Crippen LogP contribution in [0.5, 0.6) is 0 Å². The first kappa shape index (κ1) is 14.8. The van der Waals surface area contributed by atoms with E-state index in [-0.39, 0.29) is 18.3 Å². The van der Waals surface area contributed by atoms with Gasteiger partial charge < -0.3 is 9.47 Å². The summed E-state index contributed by atoms with van der Waals surface area (Å²) in [6.07, 6.45) is 5.10. The van der Waals surface area contributed by atoms with Gasteiger partial charge in [-0.05, 0) is 41.3 Å². The molecule has 7 heteroatoms. The SMILES string of the molecule is O=C(Cn1c(CCl)nc2cc(Br)cnc21)N1CCCCC1. The second kappa shape index (κ2) is 6.32. The van der Waals surface area contributed by atoms with Crippen LogP contribution in [0.2, 0.25) is 0 Å². The first-order chi connectivity index (χ1) is 10.2. The molecule has 3 rings (SSSR count). The van der Waals surface area contributed by atoms with E-state index in [0.29, 0.717) is 11.5 Å². The molecule has 3 heterocycles. The van der Waals surface area contributed by atoms with E-state index in [9.17, 15) is 4.79 Å². The highest BCUT2D eigenvalue weighted by atomic mass is 79.9. The number of carbonyl (C=O) groups is 1. The summed E-state index contributed by atoms with van der Waals surface area (Å²) in [5.41, 5.74) is 1.46. The Labute approximate surface area is 136 Å². The first-order valence-electron chi connectivity index (χ1n) is 7.03. The molecule has 1 aliphatic heterocycles. The lowest BCUT2D eigenvalue weighted by Crippen LogP contribution is -2.38. The summed E-state index contributed by atoms with van der Waals surface area (Å²) >= 11 is 9.35. The van der Waals surface area contributed by atoms with Crippen molar-refractivity contribution in [1.29, 1.82) is 0 Å². The maximum Gasteiger partial charge on any atom is 0.242 e. The molecule has 5 nitrogen and oxygen atoms in total. The average molecular weight is 372 g/mol. The van der Waals surface area contributed by atoms with Crippen molar-refractivity contribution < 1.29 is 4.79 Å². The number of halogens is 2. The molecule has 2 aromatic heterocycles. The topological polar surface area (TPSA) is 51.0 Å². The number of piperidine rings is 1. The van der Waals surface area contributed by atoms with Crippen molar-refractivity contribution in [3.05, 3.63) is 22.6 Å². The van der Waals surface area contributed by atoms with Gasteiger partial charge in [0, 0.05) is 23.8 Å². The van der Waals surface area contributed by atoms with Gasteiger partial charge in [0.05, 0.1) is 5.88 Å². The smallest absolute Gasteiger partial charge is 0.242 e. The van der Waals surface area contributed by atoms with Crippen molar-refractivity contribution in [1.82, 2.24) is 19.4 Å². The molecule has 0 unspecified atom stereocenters. The minimum atomic E-state index is 0.116. The van der Waals surface area contributed by atoms with Crippen molar-refractivity contribution in [2.75, 3.05) is 13.1 Å². The number of carbonyl (C=O) groups excluding carboxylic acids is 1. The maximum absolute atomic E-state index is 12.4. The quantitative estimate of drug-likeness (QED) is 0.780. The molecule has 0 radical (unpaired) electrons. The number of hydrogen-bond acceptors (Lipinski definition) is 3. The van der Waals surface area contributed by atoms with Crippen LogP contribution in [0, 0.1) is 0 Å². The molecule has 2 aromatic rings. The number of rotatable bonds is 3. The minimum absolute atomic E-state index is 0.116. The van der Waals surface area contributed by atoms with Gasteiger partial charge in [0.25, 0.3) is 0 Å². The molecule has 0 atom stereocenters. The molecule has 1 amide bonds. The lowest BCUT2D eigenvalue weighted by Gasteiger charge is -2.27. The molecule has 1 aliphatic rings. The number of likely N-dealkylation sites (tertiary alicyclic amines) is 1. The third-order valence-electron chi connectivity index (χ3n) is 3.75. The molecule has 0 saturated carbocycles. The molecule has 0 spiro atoms. The van der Waals surface area contributed by atoms with E-state index in [1.807, 2.05) is 15.5 Å². The van der Waals surface area contributed by atoms with Gasteiger partial charge >= 0.3 is 0 Å². The maximum atomic E-state index is 12.4. The Balaban J connectivity index is 1.89. The van der Waals surface area contributed by atoms with E-state index in [0.717, 1.165) is 35.9 Å². The Morgan fingerprint density at radius 3 is 2.81 bits per heavy atom. The molecular formula is C14H16BrClN4O. The van der Waals surface area contributed by atoms with Crippen molar-refractivity contribution >= 4 is 44.6 Å². The van der Waals surface area contributed by atoms with Crippen molar-refractivity contribution in [2.45, 2.75) is 31.7 Å². The highest BCUT2D eigenvalue weighted by molar-refractivity contribution is 9.10. The Kier molecular flexibility index (Phi) is 4.45. The van der Waals surface area contributed by atoms with Gasteiger partial charge in [-0.2, -0.15) is 0 Å². The lowest BCUT2D eigenvalue weighted by molar-refractivity contribution is -0.132. The lowest BCUT2D eigenvalue weighted by atomic mass is 10.1. The average Bonchev–Trinajstić information content (AvgIpc) is 2.85. The summed E-state index contributed by atoms with van der Waals surface area (Å²) in [7, 11) is 0. The number of aromatic nitrogens is 3. The fourth-order valence-electron chi connectivity index (χ4n) is 2.68. The number of nitrogens with zero attached hydrogens (tertiary/aromatic N) is 4. The Morgan fingerprint density at radius 2 is 2.10 bits per heavy atom. The largest absolute Gasteiger partial charge is 0.341 e. The summed E-state index contributed by atoms with van der Waals surface area (Å²) in [4.78, 5) is 23.2. The summed E-state index contributed by atoms with van der Waals surface area (Å²) in [6, 6.07) is 1.89. The zero-order valence-electron chi connectivity index (χ0n) is 11.6. The molecular weight excluding hydrogens is 356 g/mol. The van der Waals surface area contributed by atoms with Crippen molar-refractivity contribution in [3.8, 4) is 0 Å². The third kappa shape index (κ3) is 3.06. The Hall–Kier alpha value is -1.14. The normalized spacial score (nSPS) is 15.6. The minimum Gasteiger partial charge on any atom is -0.341 e. The van der Waals surface area contributed by atoms with Crippen LogP contribution in [0.4, 0.5) is 0 Å². The number of fused-ring (bicyclic) bond motifs is 1. The standard InChI is InChI=1S/C14H16BrClN4O/c15-10-6-11-14(17-8-10)20(12(7-16)18-11)9-13(21)19-4-2-1-3-5-19/h6,8H,1-5,7,9H2. The van der Waals surface area contributed by atoms with Gasteiger partial charge in [0.2, 0.25) is 5.91 Å². The van der Waals surface area contributed by atoms with E-state index in [1.165, 1.54) is 6.42 Å².